The maximum Gasteiger partial charge on any atom is 0.108 e. The van der Waals surface area contributed by atoms with Gasteiger partial charge in [-0.1, -0.05) is 20.8 Å². The highest BCUT2D eigenvalue weighted by Crippen LogP contribution is 2.19. The van der Waals surface area contributed by atoms with Crippen molar-refractivity contribution >= 4 is 0 Å². The second-order valence-corrected chi connectivity index (χ2v) is 4.34. The van der Waals surface area contributed by atoms with E-state index in [1.54, 1.807) is 6.20 Å². The van der Waals surface area contributed by atoms with Gasteiger partial charge >= 0.3 is 0 Å². The molecule has 0 bridgehead atoms. The van der Waals surface area contributed by atoms with Gasteiger partial charge in [0.2, 0.25) is 0 Å². The molecule has 0 amide bonds. The van der Waals surface area contributed by atoms with Crippen LogP contribution in [-0.2, 0) is 13.0 Å². The third-order valence-corrected chi connectivity index (χ3v) is 2.85. The summed E-state index contributed by atoms with van der Waals surface area (Å²) < 4.78 is 2.03. The van der Waals surface area contributed by atoms with Crippen LogP contribution in [0, 0.1) is 5.92 Å². The minimum Gasteiger partial charge on any atom is -0.388 e. The second-order valence-electron chi connectivity index (χ2n) is 4.34. The molecule has 1 aromatic heterocycles. The topological polar surface area (TPSA) is 38.0 Å². The van der Waals surface area contributed by atoms with E-state index in [4.69, 9.17) is 0 Å². The van der Waals surface area contributed by atoms with Crippen molar-refractivity contribution < 1.29 is 5.11 Å². The molecule has 0 saturated carbocycles. The molecule has 1 atom stereocenters. The van der Waals surface area contributed by atoms with E-state index < -0.39 is 5.60 Å². The number of aromatic nitrogens is 2. The summed E-state index contributed by atoms with van der Waals surface area (Å²) in [5.41, 5.74) is -0.662. The molecule has 0 aliphatic rings. The highest BCUT2D eigenvalue weighted by molar-refractivity contribution is 4.94. The SMILES string of the molecule is CCc1nccn1CC(C)(O)C(C)C. The summed E-state index contributed by atoms with van der Waals surface area (Å²) in [6, 6.07) is 0. The maximum absolute atomic E-state index is 10.1. The monoisotopic (exact) mass is 196 g/mol. The van der Waals surface area contributed by atoms with Gasteiger partial charge in [-0.15, -0.1) is 0 Å². The van der Waals surface area contributed by atoms with Crippen molar-refractivity contribution in [2.45, 2.75) is 46.3 Å². The molecule has 1 heterocycles. The first-order valence-electron chi connectivity index (χ1n) is 5.19. The number of nitrogens with zero attached hydrogens (tertiary/aromatic N) is 2. The third-order valence-electron chi connectivity index (χ3n) is 2.85. The fourth-order valence-electron chi connectivity index (χ4n) is 1.33. The summed E-state index contributed by atoms with van der Waals surface area (Å²) in [6.07, 6.45) is 4.62. The number of aliphatic hydroxyl groups is 1. The summed E-state index contributed by atoms with van der Waals surface area (Å²) in [5, 5.41) is 10.1. The molecule has 0 saturated heterocycles. The molecular formula is C11H20N2O. The number of hydrogen-bond acceptors (Lipinski definition) is 2. The van der Waals surface area contributed by atoms with E-state index >= 15 is 0 Å². The van der Waals surface area contributed by atoms with Crippen LogP contribution >= 0.6 is 0 Å². The van der Waals surface area contributed by atoms with Crippen LogP contribution in [-0.4, -0.2) is 20.3 Å². The Morgan fingerprint density at radius 1 is 1.57 bits per heavy atom. The van der Waals surface area contributed by atoms with Crippen molar-refractivity contribution in [3.05, 3.63) is 18.2 Å². The Kier molecular flexibility index (Phi) is 3.32. The Labute approximate surface area is 85.8 Å². The average molecular weight is 196 g/mol. The lowest BCUT2D eigenvalue weighted by molar-refractivity contribution is -0.00334. The van der Waals surface area contributed by atoms with E-state index in [-0.39, 0.29) is 5.92 Å². The van der Waals surface area contributed by atoms with Gasteiger partial charge in [0.25, 0.3) is 0 Å². The number of rotatable bonds is 4. The molecular weight excluding hydrogens is 176 g/mol. The van der Waals surface area contributed by atoms with Gasteiger partial charge in [0.1, 0.15) is 5.82 Å². The van der Waals surface area contributed by atoms with Gasteiger partial charge < -0.3 is 9.67 Å². The minimum absolute atomic E-state index is 0.245. The normalized spacial score (nSPS) is 15.9. The highest BCUT2D eigenvalue weighted by Gasteiger charge is 2.25. The zero-order valence-electron chi connectivity index (χ0n) is 9.49. The molecule has 0 radical (unpaired) electrons. The Bertz CT molecular complexity index is 289. The molecule has 0 spiro atoms. The zero-order valence-corrected chi connectivity index (χ0v) is 9.49. The first-order valence-corrected chi connectivity index (χ1v) is 5.19. The van der Waals surface area contributed by atoms with Gasteiger partial charge in [-0.05, 0) is 12.8 Å². The first-order chi connectivity index (χ1) is 6.47. The Hall–Kier alpha value is -0.830. The molecule has 3 heteroatoms. The van der Waals surface area contributed by atoms with Crippen LogP contribution in [0.4, 0.5) is 0 Å². The van der Waals surface area contributed by atoms with E-state index in [0.717, 1.165) is 12.2 Å². The standard InChI is InChI=1S/C11H20N2O/c1-5-10-12-6-7-13(10)8-11(4,14)9(2)3/h6-7,9,14H,5,8H2,1-4H3. The van der Waals surface area contributed by atoms with Crippen LogP contribution < -0.4 is 0 Å². The van der Waals surface area contributed by atoms with Crippen molar-refractivity contribution in [1.82, 2.24) is 9.55 Å². The van der Waals surface area contributed by atoms with E-state index in [9.17, 15) is 5.11 Å². The van der Waals surface area contributed by atoms with E-state index in [0.29, 0.717) is 6.54 Å². The minimum atomic E-state index is -0.662. The van der Waals surface area contributed by atoms with Gasteiger partial charge in [-0.3, -0.25) is 0 Å². The molecule has 3 nitrogen and oxygen atoms in total. The summed E-state index contributed by atoms with van der Waals surface area (Å²) in [4.78, 5) is 4.23. The molecule has 14 heavy (non-hydrogen) atoms. The molecule has 1 unspecified atom stereocenters. The molecule has 1 aromatic rings. The lowest BCUT2D eigenvalue weighted by Gasteiger charge is -2.28. The van der Waals surface area contributed by atoms with Gasteiger partial charge in [0, 0.05) is 18.8 Å². The van der Waals surface area contributed by atoms with Crippen molar-refractivity contribution in [2.75, 3.05) is 0 Å². The van der Waals surface area contributed by atoms with E-state index in [2.05, 4.69) is 11.9 Å². The number of imidazole rings is 1. The lowest BCUT2D eigenvalue weighted by Crippen LogP contribution is -2.36. The lowest BCUT2D eigenvalue weighted by atomic mass is 9.92. The fraction of sp³-hybridized carbons (Fsp3) is 0.727. The predicted octanol–water partition coefficient (Wildman–Crippen LogP) is 1.85. The van der Waals surface area contributed by atoms with Crippen molar-refractivity contribution in [1.29, 1.82) is 0 Å². The van der Waals surface area contributed by atoms with Crippen LogP contribution in [0.25, 0.3) is 0 Å². The molecule has 1 N–H and O–H groups in total. The summed E-state index contributed by atoms with van der Waals surface area (Å²) in [6.45, 7) is 8.62. The highest BCUT2D eigenvalue weighted by atomic mass is 16.3. The Morgan fingerprint density at radius 3 is 2.71 bits per heavy atom. The van der Waals surface area contributed by atoms with Crippen LogP contribution in [0.1, 0.15) is 33.5 Å². The average Bonchev–Trinajstić information content (AvgIpc) is 2.50. The Morgan fingerprint density at radius 2 is 2.21 bits per heavy atom. The second kappa shape index (κ2) is 4.13. The van der Waals surface area contributed by atoms with Gasteiger partial charge in [0.15, 0.2) is 0 Å². The number of hydrogen-bond donors (Lipinski definition) is 1. The largest absolute Gasteiger partial charge is 0.388 e. The Balaban J connectivity index is 2.78. The van der Waals surface area contributed by atoms with Gasteiger partial charge in [0.05, 0.1) is 12.1 Å². The van der Waals surface area contributed by atoms with Gasteiger partial charge in [-0.2, -0.15) is 0 Å². The summed E-state index contributed by atoms with van der Waals surface area (Å²) in [7, 11) is 0. The van der Waals surface area contributed by atoms with Gasteiger partial charge in [-0.25, -0.2) is 4.98 Å². The summed E-state index contributed by atoms with van der Waals surface area (Å²) >= 11 is 0. The zero-order chi connectivity index (χ0) is 10.8. The molecule has 80 valence electrons. The molecule has 1 rings (SSSR count). The van der Waals surface area contributed by atoms with Crippen molar-refractivity contribution in [2.24, 2.45) is 5.92 Å². The fourth-order valence-corrected chi connectivity index (χ4v) is 1.33. The predicted molar refractivity (Wildman–Crippen MR) is 57.1 cm³/mol. The van der Waals surface area contributed by atoms with Crippen LogP contribution in [0.5, 0.6) is 0 Å². The maximum atomic E-state index is 10.1. The van der Waals surface area contributed by atoms with E-state index in [1.807, 2.05) is 31.5 Å². The van der Waals surface area contributed by atoms with Crippen LogP contribution in [0.2, 0.25) is 0 Å². The third kappa shape index (κ3) is 2.35. The molecule has 0 fully saturated rings. The smallest absolute Gasteiger partial charge is 0.108 e. The number of aryl methyl sites for hydroxylation is 1. The first kappa shape index (κ1) is 11.2. The van der Waals surface area contributed by atoms with E-state index in [1.165, 1.54) is 0 Å². The van der Waals surface area contributed by atoms with Crippen molar-refractivity contribution in [3.63, 3.8) is 0 Å². The summed E-state index contributed by atoms with van der Waals surface area (Å²) in [5.74, 6) is 1.28. The molecule has 0 aliphatic heterocycles. The molecule has 0 aromatic carbocycles. The molecule has 0 aliphatic carbocycles. The quantitative estimate of drug-likeness (QED) is 0.798. The van der Waals surface area contributed by atoms with Crippen LogP contribution in [0.15, 0.2) is 12.4 Å². The van der Waals surface area contributed by atoms with Crippen LogP contribution in [0.3, 0.4) is 0 Å². The van der Waals surface area contributed by atoms with Crippen molar-refractivity contribution in [3.8, 4) is 0 Å².